The monoisotopic (exact) mass is 355 g/mol. The largest absolute Gasteiger partial charge is 0.348 e. The summed E-state index contributed by atoms with van der Waals surface area (Å²) in [6, 6.07) is 4.26. The van der Waals surface area contributed by atoms with Crippen molar-refractivity contribution >= 4 is 27.3 Å². The molecule has 0 amide bonds. The van der Waals surface area contributed by atoms with Crippen molar-refractivity contribution in [1.29, 1.82) is 0 Å². The van der Waals surface area contributed by atoms with Gasteiger partial charge in [0.05, 0.1) is 10.2 Å². The van der Waals surface area contributed by atoms with Gasteiger partial charge < -0.3 is 5.32 Å². The van der Waals surface area contributed by atoms with E-state index in [1.54, 1.807) is 15.9 Å². The summed E-state index contributed by atoms with van der Waals surface area (Å²) >= 11 is 5.27. The highest BCUT2D eigenvalue weighted by molar-refractivity contribution is 9.10. The third-order valence-electron chi connectivity index (χ3n) is 3.14. The van der Waals surface area contributed by atoms with Crippen LogP contribution in [0, 0.1) is 20.8 Å². The van der Waals surface area contributed by atoms with Gasteiger partial charge in [0, 0.05) is 35.1 Å². The van der Waals surface area contributed by atoms with Crippen LogP contribution in [0.2, 0.25) is 0 Å². The molecule has 0 radical (unpaired) electrons. The van der Waals surface area contributed by atoms with Gasteiger partial charge in [-0.3, -0.25) is 4.57 Å². The first-order chi connectivity index (χ1) is 9.49. The highest BCUT2D eigenvalue weighted by Crippen LogP contribution is 2.16. The van der Waals surface area contributed by atoms with E-state index in [0.29, 0.717) is 6.54 Å². The Morgan fingerprint density at radius 2 is 2.10 bits per heavy atom. The van der Waals surface area contributed by atoms with E-state index in [0.717, 1.165) is 29.0 Å². The number of halogens is 1. The van der Waals surface area contributed by atoms with Gasteiger partial charge >= 0.3 is 5.69 Å². The van der Waals surface area contributed by atoms with Crippen molar-refractivity contribution in [3.05, 3.63) is 48.2 Å². The Hall–Kier alpha value is -0.980. The summed E-state index contributed by atoms with van der Waals surface area (Å²) in [6.07, 6.45) is 0. The van der Waals surface area contributed by atoms with E-state index >= 15 is 0 Å². The van der Waals surface area contributed by atoms with Gasteiger partial charge in [-0.25, -0.2) is 4.79 Å². The Morgan fingerprint density at radius 1 is 1.35 bits per heavy atom. The maximum atomic E-state index is 11.9. The zero-order chi connectivity index (χ0) is 14.7. The lowest BCUT2D eigenvalue weighted by Crippen LogP contribution is -2.30. The first-order valence-corrected chi connectivity index (χ1v) is 8.09. The second-order valence-electron chi connectivity index (χ2n) is 4.72. The molecule has 2 aromatic rings. The van der Waals surface area contributed by atoms with Crippen LogP contribution in [0.15, 0.2) is 21.4 Å². The van der Waals surface area contributed by atoms with Gasteiger partial charge in [0.25, 0.3) is 0 Å². The average molecular weight is 356 g/mol. The predicted molar refractivity (Wildman–Crippen MR) is 86.4 cm³/mol. The molecule has 2 rings (SSSR count). The van der Waals surface area contributed by atoms with Gasteiger partial charge in [-0.2, -0.15) is 4.98 Å². The molecule has 6 heteroatoms. The molecule has 0 unspecified atom stereocenters. The van der Waals surface area contributed by atoms with E-state index in [2.05, 4.69) is 45.3 Å². The average Bonchev–Trinajstić information content (AvgIpc) is 2.81. The van der Waals surface area contributed by atoms with E-state index in [-0.39, 0.29) is 5.69 Å². The van der Waals surface area contributed by atoms with Gasteiger partial charge in [0.2, 0.25) is 0 Å². The van der Waals surface area contributed by atoms with Gasteiger partial charge in [-0.15, -0.1) is 11.3 Å². The van der Waals surface area contributed by atoms with E-state index < -0.39 is 0 Å². The number of hydrogen-bond donors (Lipinski definition) is 1. The first kappa shape index (κ1) is 15.4. The summed E-state index contributed by atoms with van der Waals surface area (Å²) in [5.74, 6) is 0. The van der Waals surface area contributed by atoms with Crippen LogP contribution in [0.25, 0.3) is 0 Å². The van der Waals surface area contributed by atoms with Crippen molar-refractivity contribution in [3.8, 4) is 0 Å². The van der Waals surface area contributed by atoms with Crippen LogP contribution < -0.4 is 11.0 Å². The summed E-state index contributed by atoms with van der Waals surface area (Å²) in [4.78, 5) is 18.5. The summed E-state index contributed by atoms with van der Waals surface area (Å²) in [6.45, 7) is 8.08. The molecule has 0 atom stereocenters. The summed E-state index contributed by atoms with van der Waals surface area (Å²) in [5, 5.41) is 3.36. The Balaban J connectivity index is 1.95. The SMILES string of the molecule is Cc1ccc(CNCCn2c(C)c(Br)c(C)nc2=O)s1. The topological polar surface area (TPSA) is 46.9 Å². The van der Waals surface area contributed by atoms with Crippen molar-refractivity contribution in [1.82, 2.24) is 14.9 Å². The van der Waals surface area contributed by atoms with Crippen LogP contribution in [-0.2, 0) is 13.1 Å². The molecule has 0 saturated carbocycles. The molecular formula is C14H18BrN3OS. The molecule has 0 fully saturated rings. The van der Waals surface area contributed by atoms with Crippen LogP contribution >= 0.6 is 27.3 Å². The van der Waals surface area contributed by atoms with Crippen LogP contribution in [-0.4, -0.2) is 16.1 Å². The van der Waals surface area contributed by atoms with E-state index in [1.165, 1.54) is 9.75 Å². The smallest absolute Gasteiger partial charge is 0.310 e. The Morgan fingerprint density at radius 3 is 2.75 bits per heavy atom. The molecule has 2 aromatic heterocycles. The Kier molecular flexibility index (Phi) is 5.12. The summed E-state index contributed by atoms with van der Waals surface area (Å²) in [5.41, 5.74) is 1.49. The third kappa shape index (κ3) is 3.56. The van der Waals surface area contributed by atoms with Crippen molar-refractivity contribution in [2.75, 3.05) is 6.54 Å². The lowest BCUT2D eigenvalue weighted by molar-refractivity contribution is 0.563. The molecule has 0 bridgehead atoms. The minimum atomic E-state index is -0.183. The number of hydrogen-bond acceptors (Lipinski definition) is 4. The zero-order valence-electron chi connectivity index (χ0n) is 11.9. The predicted octanol–water partition coefficient (Wildman–Crippen LogP) is 2.78. The van der Waals surface area contributed by atoms with Gasteiger partial charge in [-0.05, 0) is 48.8 Å². The zero-order valence-corrected chi connectivity index (χ0v) is 14.3. The quantitative estimate of drug-likeness (QED) is 0.838. The van der Waals surface area contributed by atoms with Crippen molar-refractivity contribution < 1.29 is 0 Å². The highest BCUT2D eigenvalue weighted by Gasteiger charge is 2.08. The molecule has 108 valence electrons. The van der Waals surface area contributed by atoms with Crippen LogP contribution in [0.4, 0.5) is 0 Å². The maximum Gasteiger partial charge on any atom is 0.348 e. The fraction of sp³-hybridized carbons (Fsp3) is 0.429. The van der Waals surface area contributed by atoms with Crippen molar-refractivity contribution in [2.45, 2.75) is 33.9 Å². The normalized spacial score (nSPS) is 11.0. The van der Waals surface area contributed by atoms with Crippen LogP contribution in [0.5, 0.6) is 0 Å². The van der Waals surface area contributed by atoms with Gasteiger partial charge in [0.15, 0.2) is 0 Å². The van der Waals surface area contributed by atoms with E-state index in [9.17, 15) is 4.79 Å². The molecule has 0 aliphatic carbocycles. The first-order valence-electron chi connectivity index (χ1n) is 6.48. The maximum absolute atomic E-state index is 11.9. The molecule has 2 heterocycles. The molecule has 20 heavy (non-hydrogen) atoms. The fourth-order valence-corrected chi connectivity index (χ4v) is 3.19. The molecule has 1 N–H and O–H groups in total. The standard InChI is InChI=1S/C14H18BrN3OS/c1-9-4-5-12(20-9)8-16-6-7-18-11(3)13(15)10(2)17-14(18)19/h4-5,16H,6-8H2,1-3H3. The van der Waals surface area contributed by atoms with Gasteiger partial charge in [0.1, 0.15) is 0 Å². The minimum Gasteiger partial charge on any atom is -0.310 e. The molecule has 0 aliphatic heterocycles. The summed E-state index contributed by atoms with van der Waals surface area (Å²) < 4.78 is 2.61. The number of nitrogens with zero attached hydrogens (tertiary/aromatic N) is 2. The van der Waals surface area contributed by atoms with Crippen molar-refractivity contribution in [2.24, 2.45) is 0 Å². The second kappa shape index (κ2) is 6.65. The number of thiophene rings is 1. The molecule has 0 saturated heterocycles. The number of nitrogens with one attached hydrogen (secondary N) is 1. The molecule has 0 aromatic carbocycles. The highest BCUT2D eigenvalue weighted by atomic mass is 79.9. The summed E-state index contributed by atoms with van der Waals surface area (Å²) in [7, 11) is 0. The lowest BCUT2D eigenvalue weighted by Gasteiger charge is -2.12. The number of aromatic nitrogens is 2. The number of aryl methyl sites for hydroxylation is 2. The lowest BCUT2D eigenvalue weighted by atomic mass is 10.3. The Bertz CT molecular complexity index is 663. The Labute approximate surface area is 131 Å². The fourth-order valence-electron chi connectivity index (χ4n) is 2.02. The molecule has 4 nitrogen and oxygen atoms in total. The minimum absolute atomic E-state index is 0.183. The van der Waals surface area contributed by atoms with Crippen molar-refractivity contribution in [3.63, 3.8) is 0 Å². The van der Waals surface area contributed by atoms with Gasteiger partial charge in [-0.1, -0.05) is 0 Å². The second-order valence-corrected chi connectivity index (χ2v) is 6.89. The molecular weight excluding hydrogens is 338 g/mol. The van der Waals surface area contributed by atoms with E-state index in [4.69, 9.17) is 0 Å². The van der Waals surface area contributed by atoms with Crippen LogP contribution in [0.1, 0.15) is 21.1 Å². The molecule has 0 aliphatic rings. The number of rotatable bonds is 5. The third-order valence-corrected chi connectivity index (χ3v) is 5.29. The van der Waals surface area contributed by atoms with E-state index in [1.807, 2.05) is 13.8 Å². The molecule has 0 spiro atoms. The van der Waals surface area contributed by atoms with Crippen LogP contribution in [0.3, 0.4) is 0 Å².